The van der Waals surface area contributed by atoms with Crippen molar-refractivity contribution in [1.82, 2.24) is 4.90 Å². The molecule has 0 saturated carbocycles. The number of carbonyl (C=O) groups is 2. The van der Waals surface area contributed by atoms with Crippen molar-refractivity contribution in [2.75, 3.05) is 20.8 Å². The van der Waals surface area contributed by atoms with E-state index < -0.39 is 0 Å². The lowest BCUT2D eigenvalue weighted by Gasteiger charge is -2.11. The van der Waals surface area contributed by atoms with Crippen LogP contribution in [0.25, 0.3) is 6.08 Å². The number of amides is 2. The Morgan fingerprint density at radius 2 is 2.00 bits per heavy atom. The molecule has 1 aliphatic rings. The molecule has 2 amide bonds. The van der Waals surface area contributed by atoms with Crippen molar-refractivity contribution in [2.24, 2.45) is 0 Å². The lowest BCUT2D eigenvalue weighted by Crippen LogP contribution is -2.28. The minimum Gasteiger partial charge on any atom is -0.493 e. The predicted octanol–water partition coefficient (Wildman–Crippen LogP) is 3.80. The smallest absolute Gasteiger partial charge is 0.293 e. The first-order chi connectivity index (χ1) is 10.5. The molecule has 0 atom stereocenters. The van der Waals surface area contributed by atoms with Gasteiger partial charge in [-0.3, -0.25) is 14.5 Å². The number of hydrogen-bond donors (Lipinski definition) is 0. The Hall–Kier alpha value is -1.66. The van der Waals surface area contributed by atoms with E-state index in [-0.39, 0.29) is 11.1 Å². The molecule has 0 spiro atoms. The fraction of sp³-hybridized carbons (Fsp3) is 0.333. The number of thioether (sulfide) groups is 1. The fourth-order valence-electron chi connectivity index (χ4n) is 2.09. The quantitative estimate of drug-likeness (QED) is 0.762. The summed E-state index contributed by atoms with van der Waals surface area (Å²) in [5.41, 5.74) is 0.671. The number of nitrogens with zero attached hydrogens (tertiary/aromatic N) is 1. The Kier molecular flexibility index (Phi) is 5.37. The monoisotopic (exact) mass is 341 g/mol. The number of ether oxygens (including phenoxy) is 2. The molecule has 0 aromatic heterocycles. The normalized spacial score (nSPS) is 16.5. The molecule has 5 nitrogen and oxygen atoms in total. The van der Waals surface area contributed by atoms with E-state index in [9.17, 15) is 9.59 Å². The minimum atomic E-state index is -0.275. The zero-order chi connectivity index (χ0) is 16.3. The molecule has 0 radical (unpaired) electrons. The van der Waals surface area contributed by atoms with Crippen molar-refractivity contribution in [3.63, 3.8) is 0 Å². The fourth-order valence-corrected chi connectivity index (χ4v) is 3.25. The molecule has 2 rings (SSSR count). The van der Waals surface area contributed by atoms with Crippen LogP contribution in [0.4, 0.5) is 4.79 Å². The van der Waals surface area contributed by atoms with Crippen molar-refractivity contribution in [3.8, 4) is 11.5 Å². The van der Waals surface area contributed by atoms with Gasteiger partial charge >= 0.3 is 0 Å². The van der Waals surface area contributed by atoms with Crippen LogP contribution in [0.15, 0.2) is 17.0 Å². The molecule has 118 valence electrons. The van der Waals surface area contributed by atoms with Gasteiger partial charge in [-0.25, -0.2) is 0 Å². The van der Waals surface area contributed by atoms with Gasteiger partial charge in [-0.05, 0) is 42.0 Å². The minimum absolute atomic E-state index is 0.246. The van der Waals surface area contributed by atoms with Crippen LogP contribution < -0.4 is 9.47 Å². The van der Waals surface area contributed by atoms with Gasteiger partial charge in [0, 0.05) is 6.54 Å². The number of rotatable bonds is 5. The summed E-state index contributed by atoms with van der Waals surface area (Å²) in [7, 11) is 3.01. The van der Waals surface area contributed by atoms with Gasteiger partial charge in [0.25, 0.3) is 11.1 Å². The van der Waals surface area contributed by atoms with Crippen LogP contribution in [0.3, 0.4) is 0 Å². The largest absolute Gasteiger partial charge is 0.493 e. The van der Waals surface area contributed by atoms with Crippen molar-refractivity contribution in [3.05, 3.63) is 27.6 Å². The molecule has 1 fully saturated rings. The standard InChI is InChI=1S/C15H16ClNO4S/c1-4-5-17-14(18)12(22-15(17)19)8-9-6-10(16)13(21-3)11(7-9)20-2/h6-8H,4-5H2,1-3H3/b12-8+. The lowest BCUT2D eigenvalue weighted by molar-refractivity contribution is -0.122. The number of hydrogen-bond acceptors (Lipinski definition) is 5. The number of imide groups is 1. The molecule has 0 unspecified atom stereocenters. The van der Waals surface area contributed by atoms with Crippen LogP contribution in [0.2, 0.25) is 5.02 Å². The first-order valence-electron chi connectivity index (χ1n) is 6.68. The molecule has 0 bridgehead atoms. The van der Waals surface area contributed by atoms with Gasteiger partial charge in [-0.1, -0.05) is 18.5 Å². The highest BCUT2D eigenvalue weighted by molar-refractivity contribution is 8.18. The van der Waals surface area contributed by atoms with Crippen LogP contribution >= 0.6 is 23.4 Å². The summed E-state index contributed by atoms with van der Waals surface area (Å²) in [6, 6.07) is 3.37. The summed E-state index contributed by atoms with van der Waals surface area (Å²) in [6.07, 6.45) is 2.36. The third kappa shape index (κ3) is 3.23. The SMILES string of the molecule is CCCN1C(=O)S/C(=C/c2cc(Cl)c(OC)c(OC)c2)C1=O. The number of methoxy groups -OCH3 is 2. The zero-order valence-electron chi connectivity index (χ0n) is 12.5. The van der Waals surface area contributed by atoms with E-state index in [4.69, 9.17) is 21.1 Å². The van der Waals surface area contributed by atoms with Gasteiger partial charge in [0.2, 0.25) is 0 Å². The number of carbonyl (C=O) groups excluding carboxylic acids is 2. The molecular weight excluding hydrogens is 326 g/mol. The molecular formula is C15H16ClNO4S. The second-order valence-electron chi connectivity index (χ2n) is 4.57. The molecule has 22 heavy (non-hydrogen) atoms. The van der Waals surface area contributed by atoms with Crippen LogP contribution in [0.5, 0.6) is 11.5 Å². The number of benzene rings is 1. The number of halogens is 1. The Morgan fingerprint density at radius 3 is 2.59 bits per heavy atom. The topological polar surface area (TPSA) is 55.8 Å². The van der Waals surface area contributed by atoms with Gasteiger partial charge in [0.1, 0.15) is 0 Å². The third-order valence-corrected chi connectivity index (χ3v) is 4.26. The molecule has 1 aliphatic heterocycles. The molecule has 1 saturated heterocycles. The van der Waals surface area contributed by atoms with Crippen molar-refractivity contribution >= 4 is 40.6 Å². The summed E-state index contributed by atoms with van der Waals surface area (Å²) in [6.45, 7) is 2.34. The average Bonchev–Trinajstić information content (AvgIpc) is 2.74. The van der Waals surface area contributed by atoms with Crippen molar-refractivity contribution < 1.29 is 19.1 Å². The summed E-state index contributed by atoms with van der Waals surface area (Å²) >= 11 is 7.07. The van der Waals surface area contributed by atoms with Crippen LogP contribution in [-0.2, 0) is 4.79 Å². The lowest BCUT2D eigenvalue weighted by atomic mass is 10.2. The molecule has 0 aliphatic carbocycles. The van der Waals surface area contributed by atoms with Crippen LogP contribution in [0.1, 0.15) is 18.9 Å². The van der Waals surface area contributed by atoms with Crippen molar-refractivity contribution in [2.45, 2.75) is 13.3 Å². The molecule has 0 N–H and O–H groups in total. The van der Waals surface area contributed by atoms with Crippen LogP contribution in [-0.4, -0.2) is 36.8 Å². The Bertz CT molecular complexity index is 645. The predicted molar refractivity (Wildman–Crippen MR) is 87.5 cm³/mol. The van der Waals surface area contributed by atoms with Gasteiger partial charge in [0.15, 0.2) is 11.5 Å². The molecule has 7 heteroatoms. The van der Waals surface area contributed by atoms with E-state index in [1.54, 1.807) is 18.2 Å². The van der Waals surface area contributed by atoms with E-state index in [2.05, 4.69) is 0 Å². The molecule has 1 aromatic rings. The molecule has 1 heterocycles. The van der Waals surface area contributed by atoms with E-state index in [0.29, 0.717) is 33.5 Å². The van der Waals surface area contributed by atoms with Gasteiger partial charge in [0.05, 0.1) is 24.1 Å². The maximum atomic E-state index is 12.2. The van der Waals surface area contributed by atoms with Crippen molar-refractivity contribution in [1.29, 1.82) is 0 Å². The van der Waals surface area contributed by atoms with Gasteiger partial charge in [-0.2, -0.15) is 0 Å². The highest BCUT2D eigenvalue weighted by Gasteiger charge is 2.34. The first-order valence-corrected chi connectivity index (χ1v) is 7.88. The summed E-state index contributed by atoms with van der Waals surface area (Å²) in [5, 5.41) is 0.130. The second kappa shape index (κ2) is 7.07. The maximum absolute atomic E-state index is 12.2. The van der Waals surface area contributed by atoms with E-state index in [1.807, 2.05) is 6.92 Å². The first kappa shape index (κ1) is 16.7. The highest BCUT2D eigenvalue weighted by Crippen LogP contribution is 2.38. The Morgan fingerprint density at radius 1 is 1.27 bits per heavy atom. The average molecular weight is 342 g/mol. The maximum Gasteiger partial charge on any atom is 0.293 e. The third-order valence-electron chi connectivity index (χ3n) is 3.07. The zero-order valence-corrected chi connectivity index (χ0v) is 14.1. The van der Waals surface area contributed by atoms with Gasteiger partial charge in [-0.15, -0.1) is 0 Å². The Balaban J connectivity index is 2.36. The van der Waals surface area contributed by atoms with E-state index in [0.717, 1.165) is 18.2 Å². The second-order valence-corrected chi connectivity index (χ2v) is 5.97. The highest BCUT2D eigenvalue weighted by atomic mass is 35.5. The summed E-state index contributed by atoms with van der Waals surface area (Å²) in [5.74, 6) is 0.622. The van der Waals surface area contributed by atoms with Gasteiger partial charge < -0.3 is 9.47 Å². The van der Waals surface area contributed by atoms with E-state index in [1.165, 1.54) is 19.1 Å². The van der Waals surface area contributed by atoms with Crippen LogP contribution in [0, 0.1) is 0 Å². The summed E-state index contributed by atoms with van der Waals surface area (Å²) < 4.78 is 10.4. The van der Waals surface area contributed by atoms with E-state index >= 15 is 0 Å². The Labute approximate surface area is 138 Å². The molecule has 1 aromatic carbocycles. The summed E-state index contributed by atoms with van der Waals surface area (Å²) in [4.78, 5) is 25.6.